The number of benzene rings is 3. The molecule has 0 radical (unpaired) electrons. The van der Waals surface area contributed by atoms with Crippen molar-refractivity contribution in [2.45, 2.75) is 20.8 Å². The molecule has 0 aliphatic heterocycles. The van der Waals surface area contributed by atoms with Gasteiger partial charge >= 0.3 is 0 Å². The van der Waals surface area contributed by atoms with Gasteiger partial charge in [0.25, 0.3) is 5.91 Å². The zero-order chi connectivity index (χ0) is 20.4. The van der Waals surface area contributed by atoms with E-state index in [0.29, 0.717) is 5.75 Å². The van der Waals surface area contributed by atoms with Gasteiger partial charge in [-0.05, 0) is 86.0 Å². The van der Waals surface area contributed by atoms with Crippen molar-refractivity contribution < 1.29 is 9.53 Å². The highest BCUT2D eigenvalue weighted by atomic mass is 32.1. The molecule has 0 spiro atoms. The summed E-state index contributed by atoms with van der Waals surface area (Å²) in [6.45, 7) is 6.07. The molecule has 29 heavy (non-hydrogen) atoms. The number of nitrogens with one attached hydrogen (secondary N) is 1. The third-order valence-corrected chi connectivity index (χ3v) is 5.59. The number of rotatable bonds is 5. The van der Waals surface area contributed by atoms with Gasteiger partial charge in [-0.25, -0.2) is 4.98 Å². The summed E-state index contributed by atoms with van der Waals surface area (Å²) in [5.41, 5.74) is 6.24. The number of hydrogen-bond donors (Lipinski definition) is 1. The zero-order valence-corrected chi connectivity index (χ0v) is 17.5. The Morgan fingerprint density at radius 3 is 2.38 bits per heavy atom. The van der Waals surface area contributed by atoms with Crippen LogP contribution in [-0.4, -0.2) is 17.5 Å². The second-order valence-electron chi connectivity index (χ2n) is 7.23. The van der Waals surface area contributed by atoms with Crippen LogP contribution in [0.25, 0.3) is 20.8 Å². The van der Waals surface area contributed by atoms with E-state index < -0.39 is 0 Å². The summed E-state index contributed by atoms with van der Waals surface area (Å²) in [6, 6.07) is 19.9. The van der Waals surface area contributed by atoms with Crippen LogP contribution in [0.5, 0.6) is 5.75 Å². The van der Waals surface area contributed by atoms with Crippen molar-refractivity contribution in [3.05, 3.63) is 77.4 Å². The Bertz CT molecular complexity index is 1160. The number of aryl methyl sites for hydroxylation is 3. The lowest BCUT2D eigenvalue weighted by Crippen LogP contribution is -2.20. The first-order valence-corrected chi connectivity index (χ1v) is 10.3. The van der Waals surface area contributed by atoms with Gasteiger partial charge in [0.15, 0.2) is 6.61 Å². The Hall–Kier alpha value is -3.18. The summed E-state index contributed by atoms with van der Waals surface area (Å²) in [4.78, 5) is 16.9. The first-order chi connectivity index (χ1) is 14.0. The monoisotopic (exact) mass is 402 g/mol. The van der Waals surface area contributed by atoms with Crippen LogP contribution in [-0.2, 0) is 4.79 Å². The third kappa shape index (κ3) is 4.63. The van der Waals surface area contributed by atoms with Crippen LogP contribution < -0.4 is 10.1 Å². The molecule has 1 aromatic heterocycles. The van der Waals surface area contributed by atoms with Crippen molar-refractivity contribution in [1.29, 1.82) is 0 Å². The van der Waals surface area contributed by atoms with Gasteiger partial charge in [-0.15, -0.1) is 11.3 Å². The van der Waals surface area contributed by atoms with Gasteiger partial charge in [-0.2, -0.15) is 0 Å². The lowest BCUT2D eigenvalue weighted by molar-refractivity contribution is -0.118. The largest absolute Gasteiger partial charge is 0.484 e. The molecule has 0 aliphatic carbocycles. The van der Waals surface area contributed by atoms with E-state index in [4.69, 9.17) is 9.72 Å². The number of anilines is 1. The Morgan fingerprint density at radius 2 is 1.66 bits per heavy atom. The molecule has 0 atom stereocenters. The number of aromatic nitrogens is 1. The molecule has 3 aromatic carbocycles. The molecule has 0 fully saturated rings. The van der Waals surface area contributed by atoms with E-state index in [1.54, 1.807) is 11.3 Å². The second kappa shape index (κ2) is 8.05. The minimum absolute atomic E-state index is 0.0259. The average molecular weight is 403 g/mol. The molecule has 0 unspecified atom stereocenters. The maximum atomic E-state index is 12.2. The zero-order valence-electron chi connectivity index (χ0n) is 16.7. The van der Waals surface area contributed by atoms with Crippen molar-refractivity contribution >= 4 is 33.1 Å². The van der Waals surface area contributed by atoms with Crippen LogP contribution in [0.3, 0.4) is 0 Å². The van der Waals surface area contributed by atoms with Gasteiger partial charge in [-0.1, -0.05) is 12.1 Å². The van der Waals surface area contributed by atoms with Crippen LogP contribution >= 0.6 is 11.3 Å². The molecule has 4 rings (SSSR count). The summed E-state index contributed by atoms with van der Waals surface area (Å²) in [7, 11) is 0. The predicted molar refractivity (Wildman–Crippen MR) is 120 cm³/mol. The quantitative estimate of drug-likeness (QED) is 0.452. The van der Waals surface area contributed by atoms with E-state index >= 15 is 0 Å². The van der Waals surface area contributed by atoms with Gasteiger partial charge < -0.3 is 10.1 Å². The van der Waals surface area contributed by atoms with E-state index in [1.165, 1.54) is 10.3 Å². The summed E-state index contributed by atoms with van der Waals surface area (Å²) >= 11 is 1.67. The fraction of sp³-hybridized carbons (Fsp3) is 0.167. The fourth-order valence-electron chi connectivity index (χ4n) is 3.21. The highest BCUT2D eigenvalue weighted by Crippen LogP contribution is 2.31. The van der Waals surface area contributed by atoms with Crippen molar-refractivity contribution in [3.8, 4) is 16.3 Å². The lowest BCUT2D eigenvalue weighted by Gasteiger charge is -2.09. The van der Waals surface area contributed by atoms with E-state index in [0.717, 1.165) is 32.9 Å². The highest BCUT2D eigenvalue weighted by molar-refractivity contribution is 7.21. The van der Waals surface area contributed by atoms with Gasteiger partial charge in [0.2, 0.25) is 0 Å². The Kier molecular flexibility index (Phi) is 5.32. The number of nitrogens with zero attached hydrogens (tertiary/aromatic N) is 1. The van der Waals surface area contributed by atoms with E-state index in [9.17, 15) is 4.79 Å². The van der Waals surface area contributed by atoms with Gasteiger partial charge in [0, 0.05) is 11.3 Å². The Morgan fingerprint density at radius 1 is 0.931 bits per heavy atom. The van der Waals surface area contributed by atoms with Crippen LogP contribution in [0.2, 0.25) is 0 Å². The smallest absolute Gasteiger partial charge is 0.262 e. The first kappa shape index (κ1) is 19.2. The van der Waals surface area contributed by atoms with Crippen molar-refractivity contribution in [2.24, 2.45) is 0 Å². The van der Waals surface area contributed by atoms with Gasteiger partial charge in [0.05, 0.1) is 10.2 Å². The number of amides is 1. The lowest BCUT2D eigenvalue weighted by atomic mass is 10.1. The molecular weight excluding hydrogens is 380 g/mol. The molecule has 0 aliphatic rings. The fourth-order valence-corrected chi connectivity index (χ4v) is 4.28. The van der Waals surface area contributed by atoms with Gasteiger partial charge in [-0.3, -0.25) is 4.79 Å². The summed E-state index contributed by atoms with van der Waals surface area (Å²) in [6.07, 6.45) is 0. The maximum absolute atomic E-state index is 12.2. The minimum atomic E-state index is -0.188. The number of hydrogen-bond acceptors (Lipinski definition) is 4. The molecule has 0 saturated heterocycles. The summed E-state index contributed by atoms with van der Waals surface area (Å²) < 4.78 is 6.80. The third-order valence-electron chi connectivity index (χ3n) is 4.52. The van der Waals surface area contributed by atoms with Crippen molar-refractivity contribution in [2.75, 3.05) is 11.9 Å². The van der Waals surface area contributed by atoms with Crippen LogP contribution in [0.4, 0.5) is 5.69 Å². The van der Waals surface area contributed by atoms with Crippen LogP contribution in [0.15, 0.2) is 60.7 Å². The molecular formula is C24H22N2O2S. The number of carbonyl (C=O) groups is 1. The Labute approximate surface area is 174 Å². The standard InChI is InChI=1S/C24H22N2O2S/c1-15-4-9-21-22(13-15)29-24(26-21)18-5-7-19(8-6-18)25-23(27)14-28-20-11-16(2)10-17(3)12-20/h4-13H,14H2,1-3H3,(H,25,27). The van der Waals surface area contributed by atoms with Gasteiger partial charge in [0.1, 0.15) is 10.8 Å². The predicted octanol–water partition coefficient (Wildman–Crippen LogP) is 5.91. The van der Waals surface area contributed by atoms with Crippen LogP contribution in [0, 0.1) is 20.8 Å². The second-order valence-corrected chi connectivity index (χ2v) is 8.26. The Balaban J connectivity index is 1.40. The van der Waals surface area contributed by atoms with Crippen LogP contribution in [0.1, 0.15) is 16.7 Å². The molecule has 146 valence electrons. The summed E-state index contributed by atoms with van der Waals surface area (Å²) in [5, 5.41) is 3.85. The molecule has 4 nitrogen and oxygen atoms in total. The number of thiazole rings is 1. The topological polar surface area (TPSA) is 51.2 Å². The first-order valence-electron chi connectivity index (χ1n) is 9.45. The molecule has 0 saturated carbocycles. The maximum Gasteiger partial charge on any atom is 0.262 e. The number of ether oxygens (including phenoxy) is 1. The molecule has 1 heterocycles. The minimum Gasteiger partial charge on any atom is -0.484 e. The molecule has 5 heteroatoms. The highest BCUT2D eigenvalue weighted by Gasteiger charge is 2.08. The molecule has 1 amide bonds. The number of carbonyl (C=O) groups excluding carboxylic acids is 1. The van der Waals surface area contributed by atoms with E-state index in [1.807, 2.05) is 50.2 Å². The molecule has 4 aromatic rings. The molecule has 1 N–H and O–H groups in total. The average Bonchev–Trinajstić information content (AvgIpc) is 3.09. The SMILES string of the molecule is Cc1cc(C)cc(OCC(=O)Nc2ccc(-c3nc4ccc(C)cc4s3)cc2)c1. The van der Waals surface area contributed by atoms with Crippen molar-refractivity contribution in [3.63, 3.8) is 0 Å². The molecule has 0 bridgehead atoms. The van der Waals surface area contributed by atoms with E-state index in [-0.39, 0.29) is 12.5 Å². The summed E-state index contributed by atoms with van der Waals surface area (Å²) in [5.74, 6) is 0.520. The number of fused-ring (bicyclic) bond motifs is 1. The van der Waals surface area contributed by atoms with E-state index in [2.05, 4.69) is 36.5 Å². The van der Waals surface area contributed by atoms with Crippen molar-refractivity contribution in [1.82, 2.24) is 4.98 Å². The normalized spacial score (nSPS) is 10.9.